The Hall–Kier alpha value is -2.73. The van der Waals surface area contributed by atoms with Crippen molar-refractivity contribution in [2.75, 3.05) is 20.8 Å². The van der Waals surface area contributed by atoms with E-state index < -0.39 is 17.7 Å². The molecule has 0 amide bonds. The summed E-state index contributed by atoms with van der Waals surface area (Å²) in [7, 11) is 3.19. The molecule has 0 radical (unpaired) electrons. The molecular formula is C23H30O6. The van der Waals surface area contributed by atoms with Gasteiger partial charge in [-0.2, -0.15) is 0 Å². The normalized spacial score (nSPS) is 12.2. The van der Waals surface area contributed by atoms with Gasteiger partial charge in [-0.3, -0.25) is 0 Å². The first kappa shape index (κ1) is 22.6. The van der Waals surface area contributed by atoms with Crippen LogP contribution in [0.15, 0.2) is 42.5 Å². The van der Waals surface area contributed by atoms with E-state index >= 15 is 0 Å². The predicted octanol–water partition coefficient (Wildman–Crippen LogP) is 4.09. The molecule has 1 unspecified atom stereocenters. The summed E-state index contributed by atoms with van der Waals surface area (Å²) in [6.45, 7) is 5.24. The van der Waals surface area contributed by atoms with Gasteiger partial charge in [0, 0.05) is 0 Å². The minimum Gasteiger partial charge on any atom is -0.493 e. The van der Waals surface area contributed by atoms with Crippen molar-refractivity contribution < 1.29 is 28.8 Å². The summed E-state index contributed by atoms with van der Waals surface area (Å²) in [5.74, 6) is 1.42. The molecule has 2 rings (SSSR count). The van der Waals surface area contributed by atoms with E-state index in [1.54, 1.807) is 53.2 Å². The van der Waals surface area contributed by atoms with Crippen LogP contribution in [0.4, 0.5) is 0 Å². The molecule has 0 aliphatic heterocycles. The molecule has 0 saturated carbocycles. The lowest BCUT2D eigenvalue weighted by Crippen LogP contribution is -2.27. The molecule has 2 aromatic carbocycles. The van der Waals surface area contributed by atoms with Crippen LogP contribution >= 0.6 is 0 Å². The molecule has 0 heterocycles. The van der Waals surface area contributed by atoms with Crippen molar-refractivity contribution in [1.29, 1.82) is 0 Å². The van der Waals surface area contributed by atoms with E-state index in [0.717, 1.165) is 11.1 Å². The Morgan fingerprint density at radius 3 is 2.41 bits per heavy atom. The molecule has 2 aromatic rings. The molecular weight excluding hydrogens is 372 g/mol. The summed E-state index contributed by atoms with van der Waals surface area (Å²) in [5, 5.41) is 10.6. The number of methoxy groups -OCH3 is 2. The third-order valence-electron chi connectivity index (χ3n) is 4.17. The zero-order valence-corrected chi connectivity index (χ0v) is 17.7. The zero-order valence-electron chi connectivity index (χ0n) is 17.7. The van der Waals surface area contributed by atoms with Gasteiger partial charge in [0.15, 0.2) is 18.1 Å². The van der Waals surface area contributed by atoms with Gasteiger partial charge >= 0.3 is 5.97 Å². The summed E-state index contributed by atoms with van der Waals surface area (Å²) < 4.78 is 21.3. The van der Waals surface area contributed by atoms with E-state index in [-0.39, 0.29) is 6.61 Å². The molecule has 0 bridgehead atoms. The second-order valence-corrected chi connectivity index (χ2v) is 7.69. The van der Waals surface area contributed by atoms with Crippen molar-refractivity contribution in [2.45, 2.75) is 45.3 Å². The lowest BCUT2D eigenvalue weighted by atomic mass is 10.0. The average molecular weight is 402 g/mol. The number of benzene rings is 2. The third-order valence-corrected chi connectivity index (χ3v) is 4.17. The molecule has 0 spiro atoms. The number of carbonyl (C=O) groups excluding carboxylic acids is 1. The van der Waals surface area contributed by atoms with Gasteiger partial charge in [0.2, 0.25) is 0 Å². The summed E-state index contributed by atoms with van der Waals surface area (Å²) in [6.07, 6.45) is 0.545. The number of aliphatic hydroxyl groups excluding tert-OH is 1. The maximum absolute atomic E-state index is 11.8. The van der Waals surface area contributed by atoms with Crippen LogP contribution in [0, 0.1) is 0 Å². The van der Waals surface area contributed by atoms with Crippen LogP contribution in [0.25, 0.3) is 0 Å². The van der Waals surface area contributed by atoms with Crippen molar-refractivity contribution >= 4 is 5.97 Å². The van der Waals surface area contributed by atoms with E-state index in [4.69, 9.17) is 18.9 Å². The number of rotatable bonds is 9. The fraction of sp³-hybridized carbons (Fsp3) is 0.435. The van der Waals surface area contributed by atoms with E-state index in [1.807, 2.05) is 24.3 Å². The fourth-order valence-corrected chi connectivity index (χ4v) is 2.83. The van der Waals surface area contributed by atoms with Gasteiger partial charge in [-0.05, 0) is 69.0 Å². The highest BCUT2D eigenvalue weighted by molar-refractivity contribution is 5.71. The smallest absolute Gasteiger partial charge is 0.344 e. The monoisotopic (exact) mass is 402 g/mol. The van der Waals surface area contributed by atoms with E-state index in [1.165, 1.54) is 0 Å². The maximum atomic E-state index is 11.8. The van der Waals surface area contributed by atoms with Gasteiger partial charge in [0.1, 0.15) is 11.4 Å². The third kappa shape index (κ3) is 7.31. The van der Waals surface area contributed by atoms with Crippen molar-refractivity contribution in [2.24, 2.45) is 0 Å². The Morgan fingerprint density at radius 2 is 1.76 bits per heavy atom. The van der Waals surface area contributed by atoms with Crippen LogP contribution in [-0.4, -0.2) is 37.5 Å². The van der Waals surface area contributed by atoms with Gasteiger partial charge in [-0.25, -0.2) is 4.79 Å². The number of esters is 1. The first-order valence-electron chi connectivity index (χ1n) is 9.55. The molecule has 6 heteroatoms. The first-order valence-corrected chi connectivity index (χ1v) is 9.55. The highest BCUT2D eigenvalue weighted by Gasteiger charge is 2.17. The lowest BCUT2D eigenvalue weighted by Gasteiger charge is -2.19. The Labute approximate surface area is 172 Å². The van der Waals surface area contributed by atoms with Crippen LogP contribution in [0.1, 0.15) is 44.4 Å². The van der Waals surface area contributed by atoms with Crippen LogP contribution in [0.5, 0.6) is 17.2 Å². The van der Waals surface area contributed by atoms with E-state index in [0.29, 0.717) is 30.1 Å². The SMILES string of the molecule is COc1ccc(CCC(O)c2cccc(OCC(=O)OC(C)(C)C)c2)cc1OC. The second kappa shape index (κ2) is 10.2. The van der Waals surface area contributed by atoms with Gasteiger partial charge < -0.3 is 24.1 Å². The quantitative estimate of drug-likeness (QED) is 0.637. The lowest BCUT2D eigenvalue weighted by molar-refractivity contribution is -0.157. The number of ether oxygens (including phenoxy) is 4. The predicted molar refractivity (Wildman–Crippen MR) is 111 cm³/mol. The number of hydrogen-bond donors (Lipinski definition) is 1. The molecule has 0 aromatic heterocycles. The second-order valence-electron chi connectivity index (χ2n) is 7.69. The minimum atomic E-state index is -0.659. The Bertz CT molecular complexity index is 809. The van der Waals surface area contributed by atoms with Crippen LogP contribution in [0.2, 0.25) is 0 Å². The number of hydrogen-bond acceptors (Lipinski definition) is 6. The molecule has 0 saturated heterocycles. The van der Waals surface area contributed by atoms with Crippen LogP contribution in [0.3, 0.4) is 0 Å². The van der Waals surface area contributed by atoms with Crippen molar-refractivity contribution in [3.05, 3.63) is 53.6 Å². The van der Waals surface area contributed by atoms with Crippen LogP contribution < -0.4 is 14.2 Å². The minimum absolute atomic E-state index is 0.178. The number of aryl methyl sites for hydroxylation is 1. The summed E-state index contributed by atoms with van der Waals surface area (Å²) in [6, 6.07) is 12.8. The molecule has 0 aliphatic carbocycles. The van der Waals surface area contributed by atoms with Gasteiger partial charge in [-0.1, -0.05) is 18.2 Å². The highest BCUT2D eigenvalue weighted by atomic mass is 16.6. The number of aliphatic hydroxyl groups is 1. The molecule has 1 atom stereocenters. The van der Waals surface area contributed by atoms with Crippen molar-refractivity contribution in [1.82, 2.24) is 0 Å². The fourth-order valence-electron chi connectivity index (χ4n) is 2.83. The van der Waals surface area contributed by atoms with Gasteiger partial charge in [0.25, 0.3) is 0 Å². The molecule has 158 valence electrons. The van der Waals surface area contributed by atoms with Crippen molar-refractivity contribution in [3.8, 4) is 17.2 Å². The first-order chi connectivity index (χ1) is 13.7. The molecule has 0 fully saturated rings. The van der Waals surface area contributed by atoms with Crippen LogP contribution in [-0.2, 0) is 16.0 Å². The summed E-state index contributed by atoms with van der Waals surface area (Å²) in [5.41, 5.74) is 1.22. The largest absolute Gasteiger partial charge is 0.493 e. The summed E-state index contributed by atoms with van der Waals surface area (Å²) in [4.78, 5) is 11.8. The Morgan fingerprint density at radius 1 is 1.03 bits per heavy atom. The van der Waals surface area contributed by atoms with Gasteiger partial charge in [0.05, 0.1) is 20.3 Å². The van der Waals surface area contributed by atoms with Gasteiger partial charge in [-0.15, -0.1) is 0 Å². The molecule has 29 heavy (non-hydrogen) atoms. The van der Waals surface area contributed by atoms with E-state index in [2.05, 4.69) is 0 Å². The average Bonchev–Trinajstić information content (AvgIpc) is 2.69. The van der Waals surface area contributed by atoms with E-state index in [9.17, 15) is 9.90 Å². The Kier molecular flexibility index (Phi) is 7.91. The standard InChI is InChI=1S/C23H30O6/c1-23(2,3)29-22(25)15-28-18-8-6-7-17(14-18)19(24)11-9-16-10-12-20(26-4)21(13-16)27-5/h6-8,10,12-14,19,24H,9,11,15H2,1-5H3. The highest BCUT2D eigenvalue weighted by Crippen LogP contribution is 2.29. The number of carbonyl (C=O) groups is 1. The summed E-state index contributed by atoms with van der Waals surface area (Å²) >= 11 is 0. The molecule has 1 N–H and O–H groups in total. The maximum Gasteiger partial charge on any atom is 0.344 e. The molecule has 6 nitrogen and oxygen atoms in total. The Balaban J connectivity index is 1.93. The van der Waals surface area contributed by atoms with Crippen molar-refractivity contribution in [3.63, 3.8) is 0 Å². The zero-order chi connectivity index (χ0) is 21.4. The molecule has 0 aliphatic rings. The topological polar surface area (TPSA) is 74.2 Å².